The van der Waals surface area contributed by atoms with E-state index in [2.05, 4.69) is 37.8 Å². The minimum atomic E-state index is -0.0399. The van der Waals surface area contributed by atoms with Crippen LogP contribution in [0.4, 0.5) is 0 Å². The molecule has 1 rings (SSSR count). The predicted molar refractivity (Wildman–Crippen MR) is 52.3 cm³/mol. The lowest BCUT2D eigenvalue weighted by Gasteiger charge is -2.10. The molecule has 0 N–H and O–H groups in total. The highest BCUT2D eigenvalue weighted by Crippen LogP contribution is 2.18. The van der Waals surface area contributed by atoms with Crippen LogP contribution >= 0.6 is 0 Å². The molecule has 13 heavy (non-hydrogen) atoms. The number of aromatic nitrogens is 2. The van der Waals surface area contributed by atoms with Crippen molar-refractivity contribution >= 4 is 6.08 Å². The molecule has 0 aromatic carbocycles. The lowest BCUT2D eigenvalue weighted by Crippen LogP contribution is -2.13. The molecule has 0 aliphatic rings. The predicted octanol–water partition coefficient (Wildman–Crippen LogP) is 2.79. The molecule has 0 bridgehead atoms. The van der Waals surface area contributed by atoms with E-state index in [9.17, 15) is 0 Å². The van der Waals surface area contributed by atoms with Crippen LogP contribution in [0.3, 0.4) is 0 Å². The average Bonchev–Trinajstić information content (AvgIpc) is 2.47. The van der Waals surface area contributed by atoms with Gasteiger partial charge in [-0.3, -0.25) is 0 Å². The zero-order valence-corrected chi connectivity index (χ0v) is 8.66. The number of hydrogen-bond acceptors (Lipinski definition) is 3. The van der Waals surface area contributed by atoms with Crippen LogP contribution in [0.15, 0.2) is 10.6 Å². The first kappa shape index (κ1) is 9.96. The van der Waals surface area contributed by atoms with E-state index in [1.807, 2.05) is 12.2 Å². The maximum absolute atomic E-state index is 5.05. The molecule has 0 saturated carbocycles. The van der Waals surface area contributed by atoms with E-state index >= 15 is 0 Å². The Morgan fingerprint density at radius 3 is 2.54 bits per heavy atom. The molecule has 0 radical (unpaired) electrons. The molecule has 0 unspecified atom stereocenters. The summed E-state index contributed by atoms with van der Waals surface area (Å²) in [5.74, 6) is 1.34. The highest BCUT2D eigenvalue weighted by atomic mass is 16.5. The van der Waals surface area contributed by atoms with Crippen molar-refractivity contribution in [3.8, 4) is 0 Å². The molecule has 0 saturated heterocycles. The average molecular weight is 180 g/mol. The lowest BCUT2D eigenvalue weighted by atomic mass is 9.96. The van der Waals surface area contributed by atoms with Crippen molar-refractivity contribution in [2.75, 3.05) is 0 Å². The van der Waals surface area contributed by atoms with Gasteiger partial charge in [0, 0.05) is 5.41 Å². The van der Waals surface area contributed by atoms with E-state index in [1.165, 1.54) is 0 Å². The first-order chi connectivity index (χ1) is 6.04. The second kappa shape index (κ2) is 3.73. The monoisotopic (exact) mass is 180 g/mol. The van der Waals surface area contributed by atoms with Gasteiger partial charge < -0.3 is 4.52 Å². The van der Waals surface area contributed by atoms with E-state index < -0.39 is 0 Å². The first-order valence-corrected chi connectivity index (χ1v) is 4.54. The van der Waals surface area contributed by atoms with Crippen LogP contribution in [0.25, 0.3) is 6.08 Å². The van der Waals surface area contributed by atoms with Crippen LogP contribution in [-0.2, 0) is 5.41 Å². The van der Waals surface area contributed by atoms with Crippen LogP contribution in [-0.4, -0.2) is 10.1 Å². The summed E-state index contributed by atoms with van der Waals surface area (Å²) >= 11 is 0. The summed E-state index contributed by atoms with van der Waals surface area (Å²) < 4.78 is 5.05. The third-order valence-corrected chi connectivity index (χ3v) is 1.61. The molecule has 0 spiro atoms. The van der Waals surface area contributed by atoms with Crippen molar-refractivity contribution in [3.63, 3.8) is 0 Å². The normalized spacial score (nSPS) is 12.6. The van der Waals surface area contributed by atoms with Crippen molar-refractivity contribution < 1.29 is 4.52 Å². The maximum Gasteiger partial charge on any atom is 0.250 e. The fraction of sp³-hybridized carbons (Fsp3) is 0.600. The van der Waals surface area contributed by atoms with E-state index in [0.717, 1.165) is 12.2 Å². The summed E-state index contributed by atoms with van der Waals surface area (Å²) in [6, 6.07) is 0. The second-order valence-corrected chi connectivity index (χ2v) is 4.02. The smallest absolute Gasteiger partial charge is 0.250 e. The van der Waals surface area contributed by atoms with Gasteiger partial charge in [0.15, 0.2) is 5.82 Å². The molecular formula is C10H16N2O. The van der Waals surface area contributed by atoms with E-state index in [4.69, 9.17) is 4.52 Å². The molecule has 1 aromatic rings. The lowest BCUT2D eigenvalue weighted by molar-refractivity contribution is 0.387. The summed E-state index contributed by atoms with van der Waals surface area (Å²) in [5, 5.41) is 3.90. The van der Waals surface area contributed by atoms with Crippen molar-refractivity contribution in [1.82, 2.24) is 10.1 Å². The number of rotatable bonds is 2. The number of allylic oxidation sites excluding steroid dienone is 1. The highest BCUT2D eigenvalue weighted by molar-refractivity contribution is 5.37. The Labute approximate surface area is 78.8 Å². The minimum absolute atomic E-state index is 0.0399. The van der Waals surface area contributed by atoms with Gasteiger partial charge in [-0.25, -0.2) is 0 Å². The van der Waals surface area contributed by atoms with Gasteiger partial charge in [0.05, 0.1) is 0 Å². The summed E-state index contributed by atoms with van der Waals surface area (Å²) in [4.78, 5) is 4.25. The van der Waals surface area contributed by atoms with Crippen molar-refractivity contribution in [2.45, 2.75) is 39.5 Å². The standard InChI is InChI=1S/C10H16N2O/c1-5-6-7-8-11-9(12-13-8)10(2,3)4/h6-7H,5H2,1-4H3/b7-6+. The quantitative estimate of drug-likeness (QED) is 0.702. The molecule has 3 heteroatoms. The second-order valence-electron chi connectivity index (χ2n) is 4.02. The molecule has 1 heterocycles. The third-order valence-electron chi connectivity index (χ3n) is 1.61. The summed E-state index contributed by atoms with van der Waals surface area (Å²) in [6.45, 7) is 8.25. The van der Waals surface area contributed by atoms with Gasteiger partial charge in [-0.15, -0.1) is 0 Å². The number of hydrogen-bond donors (Lipinski definition) is 0. The Hall–Kier alpha value is -1.12. The van der Waals surface area contributed by atoms with Gasteiger partial charge in [0.1, 0.15) is 0 Å². The third kappa shape index (κ3) is 2.68. The number of nitrogens with zero attached hydrogens (tertiary/aromatic N) is 2. The van der Waals surface area contributed by atoms with Gasteiger partial charge in [0.2, 0.25) is 5.89 Å². The van der Waals surface area contributed by atoms with Gasteiger partial charge in [0.25, 0.3) is 0 Å². The van der Waals surface area contributed by atoms with E-state index in [1.54, 1.807) is 0 Å². The fourth-order valence-electron chi connectivity index (χ4n) is 0.826. The molecule has 0 amide bonds. The van der Waals surface area contributed by atoms with Gasteiger partial charge in [-0.05, 0) is 12.5 Å². The summed E-state index contributed by atoms with van der Waals surface area (Å²) in [6.07, 6.45) is 4.83. The molecule has 0 atom stereocenters. The highest BCUT2D eigenvalue weighted by Gasteiger charge is 2.19. The van der Waals surface area contributed by atoms with Crippen molar-refractivity contribution in [3.05, 3.63) is 17.8 Å². The Morgan fingerprint density at radius 1 is 1.38 bits per heavy atom. The Kier molecular flexibility index (Phi) is 2.86. The van der Waals surface area contributed by atoms with Crippen molar-refractivity contribution in [2.24, 2.45) is 0 Å². The Bertz CT molecular complexity index is 294. The first-order valence-electron chi connectivity index (χ1n) is 4.54. The topological polar surface area (TPSA) is 38.9 Å². The van der Waals surface area contributed by atoms with E-state index in [0.29, 0.717) is 5.89 Å². The molecule has 1 aromatic heterocycles. The molecular weight excluding hydrogens is 164 g/mol. The van der Waals surface area contributed by atoms with Crippen LogP contribution in [0.5, 0.6) is 0 Å². The minimum Gasteiger partial charge on any atom is -0.335 e. The van der Waals surface area contributed by atoms with E-state index in [-0.39, 0.29) is 5.41 Å². The van der Waals surface area contributed by atoms with Crippen LogP contribution in [0.1, 0.15) is 45.8 Å². The van der Waals surface area contributed by atoms with Gasteiger partial charge >= 0.3 is 0 Å². The molecule has 0 aliphatic heterocycles. The largest absolute Gasteiger partial charge is 0.335 e. The van der Waals surface area contributed by atoms with Crippen LogP contribution < -0.4 is 0 Å². The molecule has 0 aliphatic carbocycles. The van der Waals surface area contributed by atoms with Gasteiger partial charge in [-0.2, -0.15) is 4.98 Å². The SMILES string of the molecule is CC/C=C/c1nc(C(C)(C)C)no1. The summed E-state index contributed by atoms with van der Waals surface area (Å²) in [5.41, 5.74) is -0.0399. The van der Waals surface area contributed by atoms with Gasteiger partial charge in [-0.1, -0.05) is 38.9 Å². The Morgan fingerprint density at radius 2 is 2.08 bits per heavy atom. The Balaban J connectivity index is 2.81. The zero-order chi connectivity index (χ0) is 9.90. The summed E-state index contributed by atoms with van der Waals surface area (Å²) in [7, 11) is 0. The van der Waals surface area contributed by atoms with Crippen molar-refractivity contribution in [1.29, 1.82) is 0 Å². The maximum atomic E-state index is 5.05. The van der Waals surface area contributed by atoms with Crippen LogP contribution in [0.2, 0.25) is 0 Å². The molecule has 0 fully saturated rings. The zero-order valence-electron chi connectivity index (χ0n) is 8.66. The fourth-order valence-corrected chi connectivity index (χ4v) is 0.826. The molecule has 3 nitrogen and oxygen atoms in total. The van der Waals surface area contributed by atoms with Crippen LogP contribution in [0, 0.1) is 0 Å². The molecule has 72 valence electrons.